The van der Waals surface area contributed by atoms with Crippen LogP contribution in [0.4, 0.5) is 0 Å². The van der Waals surface area contributed by atoms with Crippen LogP contribution in [0.15, 0.2) is 60.7 Å². The number of aliphatic hydroxyl groups excluding tert-OH is 1. The van der Waals surface area contributed by atoms with Crippen LogP contribution in [0.1, 0.15) is 22.4 Å². The van der Waals surface area contributed by atoms with E-state index in [0.29, 0.717) is 10.6 Å². The molecule has 2 heteroatoms. The summed E-state index contributed by atoms with van der Waals surface area (Å²) in [6, 6.07) is 21.5. The fourth-order valence-corrected chi connectivity index (χ4v) is 5.38. The van der Waals surface area contributed by atoms with E-state index in [0.717, 1.165) is 12.8 Å². The van der Waals surface area contributed by atoms with Crippen LogP contribution in [0.25, 0.3) is 0 Å². The maximum atomic E-state index is 9.04. The Hall–Kier alpha value is -0.810. The first kappa shape index (κ1) is 13.6. The summed E-state index contributed by atoms with van der Waals surface area (Å²) in [4.78, 5) is 0. The first-order valence-corrected chi connectivity index (χ1v) is 8.78. The molecule has 0 aromatic heterocycles. The van der Waals surface area contributed by atoms with E-state index >= 15 is 0 Å². The second-order valence-corrected chi connectivity index (χ2v) is 7.84. The predicted octanol–water partition coefficient (Wildman–Crippen LogP) is 2.53. The van der Waals surface area contributed by atoms with E-state index in [1.807, 2.05) is 0 Å². The Kier molecular flexibility index (Phi) is 5.74. The minimum absolute atomic E-state index is 0.239. The Balaban J connectivity index is 2.10. The van der Waals surface area contributed by atoms with E-state index < -0.39 is 0 Å². The molecule has 0 aliphatic carbocycles. The second kappa shape index (κ2) is 7.59. The van der Waals surface area contributed by atoms with E-state index in [1.165, 1.54) is 9.17 Å². The van der Waals surface area contributed by atoms with Gasteiger partial charge in [-0.3, -0.25) is 0 Å². The summed E-state index contributed by atoms with van der Waals surface area (Å²) in [5.74, 6) is 0. The van der Waals surface area contributed by atoms with Gasteiger partial charge in [0.25, 0.3) is 0 Å². The molecule has 0 aliphatic heterocycles. The number of rotatable bonds is 6. The molecular weight excluding hydrogens is 336 g/mol. The molecular formula is C16H18OTe. The molecule has 0 saturated carbocycles. The van der Waals surface area contributed by atoms with E-state index in [2.05, 4.69) is 60.7 Å². The molecule has 0 spiro atoms. The summed E-state index contributed by atoms with van der Waals surface area (Å²) < 4.78 is 2.13. The SMILES string of the molecule is OCCCC([Te]c1ccccc1)c1ccccc1. The van der Waals surface area contributed by atoms with E-state index in [-0.39, 0.29) is 20.9 Å². The zero-order chi connectivity index (χ0) is 12.6. The van der Waals surface area contributed by atoms with Gasteiger partial charge in [-0.15, -0.1) is 0 Å². The van der Waals surface area contributed by atoms with Crippen molar-refractivity contribution >= 4 is 24.5 Å². The molecule has 0 heterocycles. The van der Waals surface area contributed by atoms with Gasteiger partial charge in [0.1, 0.15) is 0 Å². The predicted molar refractivity (Wildman–Crippen MR) is 77.3 cm³/mol. The van der Waals surface area contributed by atoms with Gasteiger partial charge in [0.2, 0.25) is 0 Å². The van der Waals surface area contributed by atoms with Crippen LogP contribution < -0.4 is 3.61 Å². The van der Waals surface area contributed by atoms with Gasteiger partial charge in [0.05, 0.1) is 0 Å². The third-order valence-corrected chi connectivity index (χ3v) is 6.63. The molecule has 0 bridgehead atoms. The Morgan fingerprint density at radius 2 is 1.50 bits per heavy atom. The van der Waals surface area contributed by atoms with Crippen molar-refractivity contribution in [3.63, 3.8) is 0 Å². The third-order valence-electron chi connectivity index (χ3n) is 2.82. The van der Waals surface area contributed by atoms with Crippen LogP contribution in [-0.4, -0.2) is 32.6 Å². The third kappa shape index (κ3) is 4.14. The minimum atomic E-state index is -0.239. The van der Waals surface area contributed by atoms with Gasteiger partial charge in [-0.1, -0.05) is 0 Å². The average molecular weight is 354 g/mol. The molecule has 2 aromatic rings. The Bertz CT molecular complexity index is 441. The molecule has 0 radical (unpaired) electrons. The Labute approximate surface area is 119 Å². The number of benzene rings is 2. The summed E-state index contributed by atoms with van der Waals surface area (Å²) in [5.41, 5.74) is 1.43. The van der Waals surface area contributed by atoms with Crippen molar-refractivity contribution in [3.05, 3.63) is 66.2 Å². The van der Waals surface area contributed by atoms with Crippen LogP contribution >= 0.6 is 0 Å². The van der Waals surface area contributed by atoms with Gasteiger partial charge in [-0.2, -0.15) is 0 Å². The van der Waals surface area contributed by atoms with Crippen molar-refractivity contribution in [2.75, 3.05) is 6.61 Å². The number of aliphatic hydroxyl groups is 1. The van der Waals surface area contributed by atoms with Crippen molar-refractivity contribution in [2.24, 2.45) is 0 Å². The van der Waals surface area contributed by atoms with Crippen LogP contribution in [0, 0.1) is 0 Å². The molecule has 2 aromatic carbocycles. The summed E-state index contributed by atoms with van der Waals surface area (Å²) in [7, 11) is 0. The van der Waals surface area contributed by atoms with Crippen LogP contribution in [0.2, 0.25) is 0 Å². The van der Waals surface area contributed by atoms with Crippen LogP contribution in [0.3, 0.4) is 0 Å². The van der Waals surface area contributed by atoms with Crippen LogP contribution in [0.5, 0.6) is 0 Å². The van der Waals surface area contributed by atoms with Crippen molar-refractivity contribution in [1.82, 2.24) is 0 Å². The molecule has 0 amide bonds. The van der Waals surface area contributed by atoms with Crippen molar-refractivity contribution in [2.45, 2.75) is 16.8 Å². The molecule has 1 atom stereocenters. The maximum absolute atomic E-state index is 9.04. The van der Waals surface area contributed by atoms with Crippen molar-refractivity contribution in [3.8, 4) is 0 Å². The Morgan fingerprint density at radius 1 is 0.889 bits per heavy atom. The Morgan fingerprint density at radius 3 is 2.11 bits per heavy atom. The molecule has 0 fully saturated rings. The number of hydrogen-bond donors (Lipinski definition) is 1. The van der Waals surface area contributed by atoms with E-state index in [1.54, 1.807) is 0 Å². The van der Waals surface area contributed by atoms with E-state index in [9.17, 15) is 0 Å². The fourth-order valence-electron chi connectivity index (χ4n) is 1.90. The van der Waals surface area contributed by atoms with Gasteiger partial charge < -0.3 is 0 Å². The molecule has 1 unspecified atom stereocenters. The molecule has 94 valence electrons. The zero-order valence-electron chi connectivity index (χ0n) is 10.3. The standard InChI is InChI=1S/C16H18OTe/c17-13-7-12-16(14-8-3-1-4-9-14)18-15-10-5-2-6-11-15/h1-6,8-11,16-17H,7,12-13H2. The molecule has 18 heavy (non-hydrogen) atoms. The molecule has 2 rings (SSSR count). The van der Waals surface area contributed by atoms with Gasteiger partial charge in [-0.25, -0.2) is 0 Å². The summed E-state index contributed by atoms with van der Waals surface area (Å²) in [6.45, 7) is 0.297. The van der Waals surface area contributed by atoms with Crippen molar-refractivity contribution in [1.29, 1.82) is 0 Å². The van der Waals surface area contributed by atoms with Gasteiger partial charge in [0.15, 0.2) is 0 Å². The van der Waals surface area contributed by atoms with Gasteiger partial charge in [0, 0.05) is 0 Å². The first-order valence-electron chi connectivity index (χ1n) is 6.27. The summed E-state index contributed by atoms with van der Waals surface area (Å²) in [5, 5.41) is 9.04. The number of hydrogen-bond acceptors (Lipinski definition) is 1. The van der Waals surface area contributed by atoms with Crippen LogP contribution in [-0.2, 0) is 0 Å². The molecule has 0 aliphatic rings. The van der Waals surface area contributed by atoms with Gasteiger partial charge in [-0.05, 0) is 0 Å². The zero-order valence-corrected chi connectivity index (χ0v) is 12.7. The topological polar surface area (TPSA) is 20.2 Å². The molecule has 1 N–H and O–H groups in total. The van der Waals surface area contributed by atoms with E-state index in [4.69, 9.17) is 5.11 Å². The quantitative estimate of drug-likeness (QED) is 0.791. The summed E-state index contributed by atoms with van der Waals surface area (Å²) in [6.07, 6.45) is 1.99. The average Bonchev–Trinajstić information content (AvgIpc) is 2.45. The van der Waals surface area contributed by atoms with Gasteiger partial charge >= 0.3 is 119 Å². The van der Waals surface area contributed by atoms with Crippen molar-refractivity contribution < 1.29 is 5.11 Å². The molecule has 0 saturated heterocycles. The first-order chi connectivity index (χ1) is 8.90. The second-order valence-electron chi connectivity index (χ2n) is 4.20. The monoisotopic (exact) mass is 356 g/mol. The fraction of sp³-hybridized carbons (Fsp3) is 0.250. The normalized spacial score (nSPS) is 12.3. The summed E-state index contributed by atoms with van der Waals surface area (Å²) >= 11 is -0.239. The molecule has 1 nitrogen and oxygen atoms in total.